The summed E-state index contributed by atoms with van der Waals surface area (Å²) >= 11 is 1.38. The van der Waals surface area contributed by atoms with E-state index in [9.17, 15) is 14.9 Å². The fraction of sp³-hybridized carbons (Fsp3) is 0.125. The number of carbonyl (C=O) groups is 1. The zero-order valence-electron chi connectivity index (χ0n) is 13.1. The summed E-state index contributed by atoms with van der Waals surface area (Å²) in [5.74, 6) is -1.51. The number of benzene rings is 1. The van der Waals surface area contributed by atoms with Crippen molar-refractivity contribution in [1.82, 2.24) is 4.98 Å². The Kier molecular flexibility index (Phi) is 4.75. The normalized spacial score (nSPS) is 10.4. The number of esters is 1. The molecule has 0 radical (unpaired) electrons. The third-order valence-corrected chi connectivity index (χ3v) is 3.99. The Balaban J connectivity index is 1.56. The van der Waals surface area contributed by atoms with Crippen molar-refractivity contribution in [2.24, 2.45) is 0 Å². The van der Waals surface area contributed by atoms with Crippen LogP contribution in [0, 0.1) is 17.0 Å². The first-order valence-corrected chi connectivity index (χ1v) is 8.08. The zero-order valence-corrected chi connectivity index (χ0v) is 13.9. The molecule has 3 rings (SSSR count). The van der Waals surface area contributed by atoms with Crippen LogP contribution < -0.4 is 5.32 Å². The Labute approximate surface area is 146 Å². The standard InChI is InChI=1S/C16H13N3O5S/c1-10-2-4-11(5-3-10)17-16-18-12(9-25-16)8-23-15(20)13-6-7-14(24-13)19(21)22/h2-7,9H,8H2,1H3,(H,17,18). The molecule has 3 aromatic rings. The van der Waals surface area contributed by atoms with Crippen molar-refractivity contribution in [3.63, 3.8) is 0 Å². The van der Waals surface area contributed by atoms with Crippen LogP contribution in [0.1, 0.15) is 21.8 Å². The van der Waals surface area contributed by atoms with Gasteiger partial charge < -0.3 is 14.5 Å². The van der Waals surface area contributed by atoms with Crippen LogP contribution in [0.15, 0.2) is 46.2 Å². The summed E-state index contributed by atoms with van der Waals surface area (Å²) in [7, 11) is 0. The second-order valence-electron chi connectivity index (χ2n) is 5.11. The lowest BCUT2D eigenvalue weighted by Gasteiger charge is -2.02. The van der Waals surface area contributed by atoms with Crippen LogP contribution in [0.25, 0.3) is 0 Å². The van der Waals surface area contributed by atoms with E-state index in [1.54, 1.807) is 5.38 Å². The topological polar surface area (TPSA) is 108 Å². The van der Waals surface area contributed by atoms with Gasteiger partial charge in [0.25, 0.3) is 0 Å². The zero-order chi connectivity index (χ0) is 17.8. The number of aromatic nitrogens is 1. The van der Waals surface area contributed by atoms with E-state index in [-0.39, 0.29) is 12.4 Å². The molecular weight excluding hydrogens is 346 g/mol. The van der Waals surface area contributed by atoms with Gasteiger partial charge in [-0.05, 0) is 25.1 Å². The average Bonchev–Trinajstić information content (AvgIpc) is 3.24. The van der Waals surface area contributed by atoms with Gasteiger partial charge in [0.05, 0.1) is 11.8 Å². The van der Waals surface area contributed by atoms with Crippen LogP contribution in [0.5, 0.6) is 0 Å². The molecule has 9 heteroatoms. The smallest absolute Gasteiger partial charge is 0.433 e. The average molecular weight is 359 g/mol. The van der Waals surface area contributed by atoms with Gasteiger partial charge in [0.2, 0.25) is 5.76 Å². The van der Waals surface area contributed by atoms with Gasteiger partial charge in [0.1, 0.15) is 11.5 Å². The van der Waals surface area contributed by atoms with E-state index in [1.165, 1.54) is 17.4 Å². The predicted octanol–water partition coefficient (Wildman–Crippen LogP) is 4.05. The maximum absolute atomic E-state index is 11.8. The van der Waals surface area contributed by atoms with E-state index in [0.29, 0.717) is 10.8 Å². The minimum Gasteiger partial charge on any atom is -0.453 e. The van der Waals surface area contributed by atoms with E-state index < -0.39 is 16.8 Å². The lowest BCUT2D eigenvalue weighted by Crippen LogP contribution is -2.04. The molecule has 1 N–H and O–H groups in total. The van der Waals surface area contributed by atoms with Crippen molar-refractivity contribution in [1.29, 1.82) is 0 Å². The Morgan fingerprint density at radius 2 is 2.08 bits per heavy atom. The van der Waals surface area contributed by atoms with Crippen LogP contribution in [0.2, 0.25) is 0 Å². The summed E-state index contributed by atoms with van der Waals surface area (Å²) in [6, 6.07) is 10.2. The van der Waals surface area contributed by atoms with E-state index >= 15 is 0 Å². The van der Waals surface area contributed by atoms with Gasteiger partial charge in [0, 0.05) is 11.1 Å². The first-order chi connectivity index (χ1) is 12.0. The number of rotatable bonds is 6. The predicted molar refractivity (Wildman–Crippen MR) is 91.1 cm³/mol. The molecule has 0 aliphatic rings. The molecule has 0 unspecified atom stereocenters. The summed E-state index contributed by atoms with van der Waals surface area (Å²) in [5.41, 5.74) is 2.64. The number of nitrogens with zero attached hydrogens (tertiary/aromatic N) is 2. The van der Waals surface area contributed by atoms with Crippen molar-refractivity contribution < 1.29 is 18.9 Å². The van der Waals surface area contributed by atoms with Crippen LogP contribution in [-0.4, -0.2) is 15.9 Å². The van der Waals surface area contributed by atoms with Gasteiger partial charge >= 0.3 is 11.9 Å². The molecule has 25 heavy (non-hydrogen) atoms. The molecule has 2 heterocycles. The Morgan fingerprint density at radius 1 is 1.32 bits per heavy atom. The minimum atomic E-state index is -0.783. The third-order valence-electron chi connectivity index (χ3n) is 3.18. The first-order valence-electron chi connectivity index (χ1n) is 7.21. The lowest BCUT2D eigenvalue weighted by atomic mass is 10.2. The molecule has 0 aliphatic heterocycles. The summed E-state index contributed by atoms with van der Waals surface area (Å²) in [4.78, 5) is 25.9. The van der Waals surface area contributed by atoms with Gasteiger partial charge in [-0.2, -0.15) is 0 Å². The minimum absolute atomic E-state index is 0.0561. The SMILES string of the molecule is Cc1ccc(Nc2nc(COC(=O)c3ccc([N+](=O)[O-])o3)cs2)cc1. The van der Waals surface area contributed by atoms with Gasteiger partial charge in [0.15, 0.2) is 5.13 Å². The second-order valence-corrected chi connectivity index (χ2v) is 5.96. The summed E-state index contributed by atoms with van der Waals surface area (Å²) < 4.78 is 9.83. The van der Waals surface area contributed by atoms with E-state index in [4.69, 9.17) is 9.15 Å². The molecule has 0 amide bonds. The summed E-state index contributed by atoms with van der Waals surface area (Å²) in [6.45, 7) is 1.95. The lowest BCUT2D eigenvalue weighted by molar-refractivity contribution is -0.402. The van der Waals surface area contributed by atoms with E-state index in [1.807, 2.05) is 31.2 Å². The van der Waals surface area contributed by atoms with Gasteiger partial charge in [-0.15, -0.1) is 11.3 Å². The number of nitrogens with one attached hydrogen (secondary N) is 1. The number of nitro groups is 1. The highest BCUT2D eigenvalue weighted by molar-refractivity contribution is 7.13. The monoisotopic (exact) mass is 359 g/mol. The molecule has 8 nitrogen and oxygen atoms in total. The molecule has 0 saturated heterocycles. The number of hydrogen-bond donors (Lipinski definition) is 1. The fourth-order valence-electron chi connectivity index (χ4n) is 1.94. The van der Waals surface area contributed by atoms with Crippen LogP contribution in [-0.2, 0) is 11.3 Å². The van der Waals surface area contributed by atoms with Crippen LogP contribution in [0.3, 0.4) is 0 Å². The molecule has 0 aliphatic carbocycles. The van der Waals surface area contributed by atoms with Crippen molar-refractivity contribution in [3.05, 3.63) is 68.9 Å². The highest BCUT2D eigenvalue weighted by Gasteiger charge is 2.18. The number of anilines is 2. The number of aryl methyl sites for hydroxylation is 1. The van der Waals surface area contributed by atoms with Crippen molar-refractivity contribution >= 4 is 34.0 Å². The Morgan fingerprint density at radius 3 is 2.76 bits per heavy atom. The molecule has 0 saturated carbocycles. The van der Waals surface area contributed by atoms with Gasteiger partial charge in [-0.25, -0.2) is 9.78 Å². The van der Waals surface area contributed by atoms with Gasteiger partial charge in [-0.3, -0.25) is 10.1 Å². The maximum Gasteiger partial charge on any atom is 0.433 e. The van der Waals surface area contributed by atoms with Crippen molar-refractivity contribution in [2.75, 3.05) is 5.32 Å². The van der Waals surface area contributed by atoms with Crippen molar-refractivity contribution in [3.8, 4) is 0 Å². The largest absolute Gasteiger partial charge is 0.453 e. The molecule has 0 fully saturated rings. The van der Waals surface area contributed by atoms with E-state index in [0.717, 1.165) is 17.3 Å². The highest BCUT2D eigenvalue weighted by atomic mass is 32.1. The molecule has 2 aromatic heterocycles. The summed E-state index contributed by atoms with van der Waals surface area (Å²) in [5, 5.41) is 16.1. The number of carbonyl (C=O) groups excluding carboxylic acids is 1. The quantitative estimate of drug-likeness (QED) is 0.402. The number of furan rings is 1. The number of hydrogen-bond acceptors (Lipinski definition) is 8. The number of ether oxygens (including phenoxy) is 1. The third kappa shape index (κ3) is 4.21. The van der Waals surface area contributed by atoms with Crippen LogP contribution >= 0.6 is 11.3 Å². The molecule has 128 valence electrons. The first kappa shape index (κ1) is 16.7. The molecule has 1 aromatic carbocycles. The Hall–Kier alpha value is -3.20. The molecule has 0 bridgehead atoms. The summed E-state index contributed by atoms with van der Waals surface area (Å²) in [6.07, 6.45) is 0. The van der Waals surface area contributed by atoms with Crippen LogP contribution in [0.4, 0.5) is 16.7 Å². The second kappa shape index (κ2) is 7.14. The molecule has 0 atom stereocenters. The highest BCUT2D eigenvalue weighted by Crippen LogP contribution is 2.22. The van der Waals surface area contributed by atoms with Crippen molar-refractivity contribution in [2.45, 2.75) is 13.5 Å². The molecular formula is C16H13N3O5S. The fourth-order valence-corrected chi connectivity index (χ4v) is 2.65. The van der Waals surface area contributed by atoms with Gasteiger partial charge in [-0.1, -0.05) is 17.7 Å². The Bertz CT molecular complexity index is 901. The maximum atomic E-state index is 11.8. The molecule has 0 spiro atoms. The number of thiazole rings is 1. The van der Waals surface area contributed by atoms with E-state index in [2.05, 4.69) is 10.3 Å².